The molecule has 0 radical (unpaired) electrons. The topological polar surface area (TPSA) is 49.2 Å². The quantitative estimate of drug-likeness (QED) is 0.787. The Kier molecular flexibility index (Phi) is 4.28. The minimum Gasteiger partial charge on any atom is -0.385 e. The molecule has 1 fully saturated rings. The van der Waals surface area contributed by atoms with Gasteiger partial charge in [-0.05, 0) is 37.8 Å². The van der Waals surface area contributed by atoms with Gasteiger partial charge in [0.1, 0.15) is 17.4 Å². The van der Waals surface area contributed by atoms with Crippen LogP contribution < -0.4 is 0 Å². The van der Waals surface area contributed by atoms with Gasteiger partial charge in [0.25, 0.3) is 0 Å². The van der Waals surface area contributed by atoms with E-state index in [2.05, 4.69) is 9.55 Å². The van der Waals surface area contributed by atoms with Crippen LogP contribution >= 0.6 is 0 Å². The minimum atomic E-state index is 0.112. The molecule has 2 aromatic rings. The first-order valence-electron chi connectivity index (χ1n) is 7.32. The van der Waals surface area contributed by atoms with Gasteiger partial charge in [-0.2, -0.15) is 0 Å². The molecule has 0 N–H and O–H groups in total. The van der Waals surface area contributed by atoms with Crippen molar-refractivity contribution in [2.24, 2.45) is 0 Å². The molecule has 5 heteroatoms. The third kappa shape index (κ3) is 2.69. The fourth-order valence-electron chi connectivity index (χ4n) is 2.75. The third-order valence-electron chi connectivity index (χ3n) is 3.73. The first kappa shape index (κ1) is 13.5. The number of nitrogens with zero attached hydrogens (tertiary/aromatic N) is 3. The lowest BCUT2D eigenvalue weighted by molar-refractivity contribution is 0.00741. The second kappa shape index (κ2) is 6.33. The molecular formula is C15H21N3O2. The Balaban J connectivity index is 1.93. The molecule has 0 saturated carbocycles. The molecule has 108 valence electrons. The first-order valence-corrected chi connectivity index (χ1v) is 7.32. The monoisotopic (exact) mass is 275 g/mol. The van der Waals surface area contributed by atoms with E-state index >= 15 is 0 Å². The standard InChI is InChI=1S/C15H21N3O2/c1-19-10-5-9-18-14-12(6-4-8-16-14)17-15(18)13-7-2-3-11-20-13/h4,6,8,13H,2-3,5,7,9-11H2,1H3. The van der Waals surface area contributed by atoms with Gasteiger partial charge in [-0.25, -0.2) is 9.97 Å². The summed E-state index contributed by atoms with van der Waals surface area (Å²) in [6.07, 6.45) is 6.30. The van der Waals surface area contributed by atoms with Crippen LogP contribution in [-0.2, 0) is 16.0 Å². The summed E-state index contributed by atoms with van der Waals surface area (Å²) in [4.78, 5) is 9.23. The Hall–Kier alpha value is -1.46. The SMILES string of the molecule is COCCCn1c(C2CCCCO2)nc2cccnc21. The average molecular weight is 275 g/mol. The Morgan fingerprint density at radius 3 is 3.20 bits per heavy atom. The number of rotatable bonds is 5. The van der Waals surface area contributed by atoms with E-state index in [0.717, 1.165) is 56.0 Å². The van der Waals surface area contributed by atoms with Crippen LogP contribution in [0.5, 0.6) is 0 Å². The lowest BCUT2D eigenvalue weighted by atomic mass is 10.1. The number of fused-ring (bicyclic) bond motifs is 1. The number of hydrogen-bond acceptors (Lipinski definition) is 4. The summed E-state index contributed by atoms with van der Waals surface area (Å²) < 4.78 is 13.2. The summed E-state index contributed by atoms with van der Waals surface area (Å²) in [5.41, 5.74) is 1.90. The van der Waals surface area contributed by atoms with Gasteiger partial charge in [-0.1, -0.05) is 0 Å². The zero-order chi connectivity index (χ0) is 13.8. The maximum Gasteiger partial charge on any atom is 0.160 e. The van der Waals surface area contributed by atoms with Gasteiger partial charge in [-0.15, -0.1) is 0 Å². The van der Waals surface area contributed by atoms with Crippen molar-refractivity contribution in [2.45, 2.75) is 38.3 Å². The van der Waals surface area contributed by atoms with Crippen molar-refractivity contribution in [1.29, 1.82) is 0 Å². The number of hydrogen-bond donors (Lipinski definition) is 0. The molecule has 1 saturated heterocycles. The second-order valence-electron chi connectivity index (χ2n) is 5.17. The molecule has 1 unspecified atom stereocenters. The Bertz CT molecular complexity index is 561. The Morgan fingerprint density at radius 2 is 2.40 bits per heavy atom. The molecule has 20 heavy (non-hydrogen) atoms. The maximum atomic E-state index is 5.90. The summed E-state index contributed by atoms with van der Waals surface area (Å²) >= 11 is 0. The van der Waals surface area contributed by atoms with E-state index in [9.17, 15) is 0 Å². The van der Waals surface area contributed by atoms with E-state index in [-0.39, 0.29) is 6.10 Å². The van der Waals surface area contributed by atoms with Crippen LogP contribution in [0.1, 0.15) is 37.6 Å². The molecule has 0 bridgehead atoms. The predicted molar refractivity (Wildman–Crippen MR) is 76.6 cm³/mol. The van der Waals surface area contributed by atoms with E-state index < -0.39 is 0 Å². The summed E-state index contributed by atoms with van der Waals surface area (Å²) in [6.45, 7) is 2.45. The molecular weight excluding hydrogens is 254 g/mol. The normalized spacial score (nSPS) is 19.6. The molecule has 0 aliphatic carbocycles. The fourth-order valence-corrected chi connectivity index (χ4v) is 2.75. The van der Waals surface area contributed by atoms with E-state index in [4.69, 9.17) is 14.5 Å². The first-order chi connectivity index (χ1) is 9.90. The summed E-state index contributed by atoms with van der Waals surface area (Å²) in [5.74, 6) is 1.02. The van der Waals surface area contributed by atoms with Crippen molar-refractivity contribution in [1.82, 2.24) is 14.5 Å². The average Bonchev–Trinajstić information content (AvgIpc) is 2.87. The second-order valence-corrected chi connectivity index (χ2v) is 5.17. The molecule has 3 rings (SSSR count). The number of pyridine rings is 1. The molecule has 0 aromatic carbocycles. The van der Waals surface area contributed by atoms with Gasteiger partial charge in [0.15, 0.2) is 5.65 Å². The zero-order valence-electron chi connectivity index (χ0n) is 11.9. The smallest absolute Gasteiger partial charge is 0.160 e. The van der Waals surface area contributed by atoms with Crippen LogP contribution in [0.4, 0.5) is 0 Å². The zero-order valence-corrected chi connectivity index (χ0v) is 11.9. The van der Waals surface area contributed by atoms with Crippen LogP contribution in [0, 0.1) is 0 Å². The third-order valence-corrected chi connectivity index (χ3v) is 3.73. The van der Waals surface area contributed by atoms with Gasteiger partial charge in [-0.3, -0.25) is 0 Å². The highest BCUT2D eigenvalue weighted by Gasteiger charge is 2.23. The van der Waals surface area contributed by atoms with Gasteiger partial charge < -0.3 is 14.0 Å². The Labute approximate surface area is 118 Å². The highest BCUT2D eigenvalue weighted by atomic mass is 16.5. The molecule has 0 spiro atoms. The number of imidazole rings is 1. The van der Waals surface area contributed by atoms with Crippen molar-refractivity contribution >= 4 is 11.2 Å². The van der Waals surface area contributed by atoms with Crippen LogP contribution in [0.15, 0.2) is 18.3 Å². The minimum absolute atomic E-state index is 0.112. The maximum absolute atomic E-state index is 5.90. The van der Waals surface area contributed by atoms with Crippen LogP contribution in [0.3, 0.4) is 0 Å². The summed E-state index contributed by atoms with van der Waals surface area (Å²) in [5, 5.41) is 0. The lowest BCUT2D eigenvalue weighted by Gasteiger charge is -2.23. The highest BCUT2D eigenvalue weighted by molar-refractivity contribution is 5.71. The van der Waals surface area contributed by atoms with Crippen LogP contribution in [0.2, 0.25) is 0 Å². The van der Waals surface area contributed by atoms with E-state index in [0.29, 0.717) is 0 Å². The number of aryl methyl sites for hydroxylation is 1. The molecule has 5 nitrogen and oxygen atoms in total. The largest absolute Gasteiger partial charge is 0.385 e. The van der Waals surface area contributed by atoms with E-state index in [1.807, 2.05) is 18.3 Å². The predicted octanol–water partition coefficient (Wildman–Crippen LogP) is 2.71. The molecule has 0 amide bonds. The Morgan fingerprint density at radius 1 is 1.45 bits per heavy atom. The molecule has 1 aliphatic rings. The summed E-state index contributed by atoms with van der Waals surface area (Å²) in [7, 11) is 1.73. The summed E-state index contributed by atoms with van der Waals surface area (Å²) in [6, 6.07) is 3.95. The van der Waals surface area contributed by atoms with Crippen molar-refractivity contribution in [3.05, 3.63) is 24.2 Å². The van der Waals surface area contributed by atoms with Crippen molar-refractivity contribution in [2.75, 3.05) is 20.3 Å². The van der Waals surface area contributed by atoms with Crippen molar-refractivity contribution in [3.63, 3.8) is 0 Å². The van der Waals surface area contributed by atoms with Gasteiger partial charge in [0.05, 0.1) is 0 Å². The van der Waals surface area contributed by atoms with Crippen molar-refractivity contribution < 1.29 is 9.47 Å². The van der Waals surface area contributed by atoms with Crippen molar-refractivity contribution in [3.8, 4) is 0 Å². The van der Waals surface area contributed by atoms with Gasteiger partial charge in [0.2, 0.25) is 0 Å². The number of aromatic nitrogens is 3. The lowest BCUT2D eigenvalue weighted by Crippen LogP contribution is -2.17. The molecule has 3 heterocycles. The fraction of sp³-hybridized carbons (Fsp3) is 0.600. The van der Waals surface area contributed by atoms with Gasteiger partial charge in [0, 0.05) is 33.1 Å². The van der Waals surface area contributed by atoms with Crippen LogP contribution in [-0.4, -0.2) is 34.9 Å². The van der Waals surface area contributed by atoms with Crippen LogP contribution in [0.25, 0.3) is 11.2 Å². The molecule has 1 aliphatic heterocycles. The molecule has 2 aromatic heterocycles. The molecule has 1 atom stereocenters. The number of methoxy groups -OCH3 is 1. The van der Waals surface area contributed by atoms with Gasteiger partial charge >= 0.3 is 0 Å². The van der Waals surface area contributed by atoms with E-state index in [1.165, 1.54) is 6.42 Å². The number of ether oxygens (including phenoxy) is 2. The highest BCUT2D eigenvalue weighted by Crippen LogP contribution is 2.29. The van der Waals surface area contributed by atoms with E-state index in [1.54, 1.807) is 7.11 Å².